The van der Waals surface area contributed by atoms with Gasteiger partial charge < -0.3 is 16.0 Å². The molecule has 1 aromatic heterocycles. The molecule has 0 bridgehead atoms. The number of guanidine groups is 1. The Hall–Kier alpha value is -3.12. The molecule has 0 radical (unpaired) electrons. The highest BCUT2D eigenvalue weighted by Gasteiger charge is 2.14. The average Bonchev–Trinajstić information content (AvgIpc) is 2.58. The summed E-state index contributed by atoms with van der Waals surface area (Å²) in [6.45, 7) is 0.295. The number of amides is 1. The van der Waals surface area contributed by atoms with Gasteiger partial charge in [-0.05, 0) is 23.8 Å². The van der Waals surface area contributed by atoms with Crippen molar-refractivity contribution < 1.29 is 4.79 Å². The second kappa shape index (κ2) is 6.78. The van der Waals surface area contributed by atoms with Gasteiger partial charge in [0.05, 0.1) is 12.1 Å². The maximum absolute atomic E-state index is 12.7. The zero-order chi connectivity index (χ0) is 18.0. The van der Waals surface area contributed by atoms with Gasteiger partial charge in [-0.2, -0.15) is 4.99 Å². The number of rotatable bonds is 3. The number of hydrogen-bond acceptors (Lipinski definition) is 2. The maximum atomic E-state index is 12.7. The fourth-order valence-corrected chi connectivity index (χ4v) is 2.72. The van der Waals surface area contributed by atoms with Gasteiger partial charge in [0.15, 0.2) is 5.96 Å². The van der Waals surface area contributed by atoms with Crippen LogP contribution in [0.25, 0.3) is 10.8 Å². The van der Waals surface area contributed by atoms with Gasteiger partial charge in [-0.25, -0.2) is 0 Å². The Morgan fingerprint density at radius 2 is 1.68 bits per heavy atom. The quantitative estimate of drug-likeness (QED) is 0.555. The minimum absolute atomic E-state index is 0.202. The molecule has 0 spiro atoms. The predicted molar refractivity (Wildman–Crippen MR) is 98.9 cm³/mol. The molecule has 0 unspecified atom stereocenters. The van der Waals surface area contributed by atoms with Crippen molar-refractivity contribution in [3.05, 3.63) is 81.2 Å². The predicted octanol–water partition coefficient (Wildman–Crippen LogP) is 2.12. The lowest BCUT2D eigenvalue weighted by molar-refractivity contribution is 0.100. The summed E-state index contributed by atoms with van der Waals surface area (Å²) in [4.78, 5) is 28.7. The Morgan fingerprint density at radius 1 is 1.04 bits per heavy atom. The van der Waals surface area contributed by atoms with Crippen molar-refractivity contribution in [2.75, 3.05) is 0 Å². The first kappa shape index (κ1) is 16.7. The van der Waals surface area contributed by atoms with Gasteiger partial charge in [-0.3, -0.25) is 9.59 Å². The van der Waals surface area contributed by atoms with Gasteiger partial charge in [0.25, 0.3) is 11.5 Å². The third kappa shape index (κ3) is 3.54. The number of nitrogens with two attached hydrogens (primary N) is 2. The summed E-state index contributed by atoms with van der Waals surface area (Å²) in [7, 11) is 0. The number of carbonyl (C=O) groups is 1. The second-order valence-electron chi connectivity index (χ2n) is 5.49. The van der Waals surface area contributed by atoms with E-state index in [1.807, 2.05) is 12.1 Å². The molecule has 3 rings (SSSR count). The van der Waals surface area contributed by atoms with Crippen LogP contribution in [0.15, 0.2) is 64.5 Å². The standard InChI is InChI=1S/C18H15ClN4O2/c19-12-7-5-11(6-8-12)9-23-10-15(16(24)22-18(20)21)13-3-1-2-4-14(13)17(23)25/h1-8,10H,9H2,(H4,20,21,22,24). The molecule has 0 aliphatic heterocycles. The van der Waals surface area contributed by atoms with Crippen LogP contribution < -0.4 is 17.0 Å². The summed E-state index contributed by atoms with van der Waals surface area (Å²) >= 11 is 5.89. The van der Waals surface area contributed by atoms with Crippen LogP contribution >= 0.6 is 11.6 Å². The Morgan fingerprint density at radius 3 is 2.32 bits per heavy atom. The van der Waals surface area contributed by atoms with Crippen LogP contribution in [-0.4, -0.2) is 16.4 Å². The van der Waals surface area contributed by atoms with Gasteiger partial charge in [0.1, 0.15) is 0 Å². The summed E-state index contributed by atoms with van der Waals surface area (Å²) in [5, 5.41) is 1.54. The van der Waals surface area contributed by atoms with E-state index < -0.39 is 5.91 Å². The fraction of sp³-hybridized carbons (Fsp3) is 0.0556. The van der Waals surface area contributed by atoms with E-state index in [0.717, 1.165) is 5.56 Å². The van der Waals surface area contributed by atoms with Crippen molar-refractivity contribution >= 4 is 34.2 Å². The van der Waals surface area contributed by atoms with Gasteiger partial charge in [0.2, 0.25) is 0 Å². The van der Waals surface area contributed by atoms with Crippen molar-refractivity contribution in [2.45, 2.75) is 6.54 Å². The molecule has 0 aliphatic carbocycles. The van der Waals surface area contributed by atoms with Gasteiger partial charge in [-0.1, -0.05) is 41.9 Å². The minimum atomic E-state index is -0.596. The van der Waals surface area contributed by atoms with Crippen LogP contribution in [0.5, 0.6) is 0 Å². The number of halogens is 1. The molecular weight excluding hydrogens is 340 g/mol. The first-order valence-electron chi connectivity index (χ1n) is 7.46. The molecule has 25 heavy (non-hydrogen) atoms. The zero-order valence-electron chi connectivity index (χ0n) is 13.1. The van der Waals surface area contributed by atoms with Crippen molar-refractivity contribution in [3.63, 3.8) is 0 Å². The summed E-state index contributed by atoms with van der Waals surface area (Å²) in [5.41, 5.74) is 11.5. The van der Waals surface area contributed by atoms with E-state index >= 15 is 0 Å². The van der Waals surface area contributed by atoms with Crippen molar-refractivity contribution in [1.82, 2.24) is 4.57 Å². The SMILES string of the molecule is NC(N)=NC(=O)c1cn(Cc2ccc(Cl)cc2)c(=O)c2ccccc12. The Labute approximate surface area is 148 Å². The highest BCUT2D eigenvalue weighted by molar-refractivity contribution is 6.30. The normalized spacial score (nSPS) is 10.6. The summed E-state index contributed by atoms with van der Waals surface area (Å²) in [6, 6.07) is 14.0. The molecule has 6 nitrogen and oxygen atoms in total. The lowest BCUT2D eigenvalue weighted by Crippen LogP contribution is -2.26. The first-order chi connectivity index (χ1) is 12.0. The lowest BCUT2D eigenvalue weighted by Gasteiger charge is -2.11. The van der Waals surface area contributed by atoms with Crippen LogP contribution in [0.4, 0.5) is 0 Å². The van der Waals surface area contributed by atoms with E-state index in [4.69, 9.17) is 23.1 Å². The molecule has 4 N–H and O–H groups in total. The number of aliphatic imine (C=N–C) groups is 1. The molecule has 7 heteroatoms. The monoisotopic (exact) mass is 354 g/mol. The number of pyridine rings is 1. The van der Waals surface area contributed by atoms with Crippen molar-refractivity contribution in [3.8, 4) is 0 Å². The zero-order valence-corrected chi connectivity index (χ0v) is 13.9. The number of aromatic nitrogens is 1. The number of carbonyl (C=O) groups excluding carboxylic acids is 1. The van der Waals surface area contributed by atoms with Crippen molar-refractivity contribution in [1.29, 1.82) is 0 Å². The Balaban J connectivity index is 2.17. The molecule has 0 aliphatic rings. The van der Waals surface area contributed by atoms with E-state index in [1.54, 1.807) is 36.4 Å². The molecule has 0 atom stereocenters. The third-order valence-electron chi connectivity index (χ3n) is 3.72. The molecule has 0 saturated heterocycles. The number of fused-ring (bicyclic) bond motifs is 1. The van der Waals surface area contributed by atoms with Gasteiger partial charge in [-0.15, -0.1) is 0 Å². The first-order valence-corrected chi connectivity index (χ1v) is 7.84. The molecule has 0 saturated carbocycles. The molecule has 3 aromatic rings. The number of benzene rings is 2. The van der Waals surface area contributed by atoms with Crippen LogP contribution in [0.2, 0.25) is 5.02 Å². The molecule has 2 aromatic carbocycles. The van der Waals surface area contributed by atoms with E-state index in [-0.39, 0.29) is 17.1 Å². The van der Waals surface area contributed by atoms with Gasteiger partial charge in [0, 0.05) is 22.0 Å². The lowest BCUT2D eigenvalue weighted by atomic mass is 10.1. The van der Waals surface area contributed by atoms with Crippen LogP contribution in [0.3, 0.4) is 0 Å². The Bertz CT molecular complexity index is 1040. The molecular formula is C18H15ClN4O2. The van der Waals surface area contributed by atoms with Crippen LogP contribution in [0.1, 0.15) is 15.9 Å². The number of hydrogen-bond donors (Lipinski definition) is 2. The maximum Gasteiger partial charge on any atom is 0.282 e. The average molecular weight is 355 g/mol. The van der Waals surface area contributed by atoms with E-state index in [9.17, 15) is 9.59 Å². The molecule has 126 valence electrons. The molecule has 0 fully saturated rings. The number of nitrogens with zero attached hydrogens (tertiary/aromatic N) is 2. The largest absolute Gasteiger partial charge is 0.370 e. The molecule has 1 amide bonds. The highest BCUT2D eigenvalue weighted by atomic mass is 35.5. The van der Waals surface area contributed by atoms with E-state index in [1.165, 1.54) is 10.8 Å². The van der Waals surface area contributed by atoms with Crippen molar-refractivity contribution in [2.24, 2.45) is 16.5 Å². The Kier molecular flexibility index (Phi) is 4.54. The van der Waals surface area contributed by atoms with Gasteiger partial charge >= 0.3 is 0 Å². The van der Waals surface area contributed by atoms with Crippen LogP contribution in [-0.2, 0) is 6.54 Å². The van der Waals surface area contributed by atoms with Crippen LogP contribution in [0, 0.1) is 0 Å². The smallest absolute Gasteiger partial charge is 0.282 e. The molecule has 1 heterocycles. The van der Waals surface area contributed by atoms with E-state index in [2.05, 4.69) is 4.99 Å². The second-order valence-corrected chi connectivity index (χ2v) is 5.93. The highest BCUT2D eigenvalue weighted by Crippen LogP contribution is 2.17. The summed E-state index contributed by atoms with van der Waals surface area (Å²) < 4.78 is 1.46. The minimum Gasteiger partial charge on any atom is -0.370 e. The third-order valence-corrected chi connectivity index (χ3v) is 3.97. The fourth-order valence-electron chi connectivity index (χ4n) is 2.60. The van der Waals surface area contributed by atoms with E-state index in [0.29, 0.717) is 22.3 Å². The summed E-state index contributed by atoms with van der Waals surface area (Å²) in [6.07, 6.45) is 1.48. The topological polar surface area (TPSA) is 103 Å². The summed E-state index contributed by atoms with van der Waals surface area (Å²) in [5.74, 6) is -0.925.